The molecule has 6 nitrogen and oxygen atoms in total. The first kappa shape index (κ1) is 25.9. The zero-order valence-electron chi connectivity index (χ0n) is 22.3. The van der Waals surface area contributed by atoms with E-state index in [0.29, 0.717) is 11.6 Å². The van der Waals surface area contributed by atoms with Gasteiger partial charge < -0.3 is 20.1 Å². The van der Waals surface area contributed by atoms with E-state index in [-0.39, 0.29) is 17.9 Å². The van der Waals surface area contributed by atoms with Gasteiger partial charge in [0.2, 0.25) is 0 Å². The molecule has 1 aliphatic rings. The number of hydrogen-bond acceptors (Lipinski definition) is 4. The molecule has 2 aromatic heterocycles. The van der Waals surface area contributed by atoms with Crippen molar-refractivity contribution >= 4 is 16.8 Å². The van der Waals surface area contributed by atoms with E-state index in [0.717, 1.165) is 24.5 Å². The second-order valence-electron chi connectivity index (χ2n) is 10.8. The largest absolute Gasteiger partial charge is 0.341 e. The highest BCUT2D eigenvalue weighted by Gasteiger charge is 2.17. The molecule has 0 saturated carbocycles. The van der Waals surface area contributed by atoms with Crippen LogP contribution in [-0.2, 0) is 18.5 Å². The Kier molecular flexibility index (Phi) is 8.13. The number of piperidine rings is 1. The lowest BCUT2D eigenvalue weighted by Gasteiger charge is -2.29. The molecule has 0 radical (unpaired) electrons. The van der Waals surface area contributed by atoms with Gasteiger partial charge in [-0.3, -0.25) is 9.78 Å². The summed E-state index contributed by atoms with van der Waals surface area (Å²) in [6.07, 6.45) is 4.05. The van der Waals surface area contributed by atoms with E-state index in [9.17, 15) is 4.79 Å². The molecular weight excluding hydrogens is 446 g/mol. The van der Waals surface area contributed by atoms with E-state index < -0.39 is 0 Å². The van der Waals surface area contributed by atoms with Gasteiger partial charge in [-0.2, -0.15) is 0 Å². The number of carbonyl (C=O) groups excluding carboxylic acids is 1. The molecule has 0 atom stereocenters. The second-order valence-corrected chi connectivity index (χ2v) is 10.8. The van der Waals surface area contributed by atoms with Crippen LogP contribution in [0.5, 0.6) is 0 Å². The zero-order valence-corrected chi connectivity index (χ0v) is 22.3. The van der Waals surface area contributed by atoms with Gasteiger partial charge in [-0.05, 0) is 81.7 Å². The standard InChI is InChI=1S/C30H39N5O/c1-6-35-26(8-7-15-31-29(36)23-10-12-28(33-21-23)30(2,3)4)19-24-18-22(9-11-27(24)35)20-32-25-13-16-34(5)17-14-25/h9-12,18-19,21,25,32H,6,13-17,20H2,1-5H3,(H,31,36). The number of aryl methyl sites for hydroxylation is 1. The highest BCUT2D eigenvalue weighted by Crippen LogP contribution is 2.22. The van der Waals surface area contributed by atoms with Gasteiger partial charge in [-0.1, -0.05) is 32.8 Å². The molecule has 4 rings (SSSR count). The lowest BCUT2D eigenvalue weighted by molar-refractivity contribution is 0.0958. The van der Waals surface area contributed by atoms with Crippen LogP contribution >= 0.6 is 0 Å². The number of likely N-dealkylation sites (tertiary alicyclic amines) is 1. The molecule has 1 amide bonds. The Morgan fingerprint density at radius 2 is 1.92 bits per heavy atom. The Morgan fingerprint density at radius 3 is 2.58 bits per heavy atom. The van der Waals surface area contributed by atoms with Crippen molar-refractivity contribution in [3.8, 4) is 11.8 Å². The summed E-state index contributed by atoms with van der Waals surface area (Å²) < 4.78 is 2.23. The van der Waals surface area contributed by atoms with Crippen LogP contribution in [0.3, 0.4) is 0 Å². The monoisotopic (exact) mass is 485 g/mol. The minimum Gasteiger partial charge on any atom is -0.341 e. The first-order chi connectivity index (χ1) is 17.2. The van der Waals surface area contributed by atoms with Gasteiger partial charge in [-0.25, -0.2) is 0 Å². The topological polar surface area (TPSA) is 62.2 Å². The van der Waals surface area contributed by atoms with Crippen LogP contribution in [0.1, 0.15) is 67.8 Å². The number of fused-ring (bicyclic) bond motifs is 1. The molecule has 190 valence electrons. The zero-order chi connectivity index (χ0) is 25.7. The SMILES string of the molecule is CCn1c(C#CCNC(=O)c2ccc(C(C)(C)C)nc2)cc2cc(CNC3CCN(C)CC3)ccc21. The van der Waals surface area contributed by atoms with Crippen molar-refractivity contribution in [1.82, 2.24) is 25.1 Å². The summed E-state index contributed by atoms with van der Waals surface area (Å²) in [5.41, 5.74) is 4.94. The van der Waals surface area contributed by atoms with Crippen LogP contribution in [0.4, 0.5) is 0 Å². The molecule has 0 spiro atoms. The normalized spacial score (nSPS) is 15.0. The van der Waals surface area contributed by atoms with Crippen molar-refractivity contribution in [3.05, 3.63) is 65.1 Å². The summed E-state index contributed by atoms with van der Waals surface area (Å²) in [7, 11) is 2.19. The van der Waals surface area contributed by atoms with E-state index in [4.69, 9.17) is 0 Å². The maximum absolute atomic E-state index is 12.5. The molecule has 0 bridgehead atoms. The van der Waals surface area contributed by atoms with Crippen molar-refractivity contribution in [1.29, 1.82) is 0 Å². The van der Waals surface area contributed by atoms with Gasteiger partial charge in [-0.15, -0.1) is 0 Å². The number of nitrogens with one attached hydrogen (secondary N) is 2. The van der Waals surface area contributed by atoms with E-state index in [1.807, 2.05) is 12.1 Å². The number of amides is 1. The summed E-state index contributed by atoms with van der Waals surface area (Å²) in [5, 5.41) is 7.82. The quantitative estimate of drug-likeness (QED) is 0.511. The Labute approximate surface area is 215 Å². The maximum atomic E-state index is 12.5. The minimum absolute atomic E-state index is 0.0395. The molecule has 0 aliphatic carbocycles. The third kappa shape index (κ3) is 6.34. The number of rotatable bonds is 6. The summed E-state index contributed by atoms with van der Waals surface area (Å²) in [6, 6.07) is 13.2. The molecule has 6 heteroatoms. The van der Waals surface area contributed by atoms with E-state index in [2.05, 4.69) is 95.9 Å². The Hall–Kier alpha value is -3.14. The Morgan fingerprint density at radius 1 is 1.14 bits per heavy atom. The average molecular weight is 486 g/mol. The van der Waals surface area contributed by atoms with Crippen molar-refractivity contribution in [2.24, 2.45) is 0 Å². The molecule has 1 aliphatic heterocycles. The van der Waals surface area contributed by atoms with Gasteiger partial charge in [0.05, 0.1) is 17.8 Å². The average Bonchev–Trinajstić information content (AvgIpc) is 3.22. The predicted molar refractivity (Wildman–Crippen MR) is 147 cm³/mol. The first-order valence-electron chi connectivity index (χ1n) is 13.0. The highest BCUT2D eigenvalue weighted by molar-refractivity contribution is 5.94. The highest BCUT2D eigenvalue weighted by atomic mass is 16.1. The fourth-order valence-electron chi connectivity index (χ4n) is 4.68. The van der Waals surface area contributed by atoms with Crippen molar-refractivity contribution in [2.45, 2.75) is 65.1 Å². The molecule has 1 fully saturated rings. The fraction of sp³-hybridized carbons (Fsp3) is 0.467. The lowest BCUT2D eigenvalue weighted by Crippen LogP contribution is -2.40. The Balaban J connectivity index is 1.37. The molecule has 3 aromatic rings. The van der Waals surface area contributed by atoms with Crippen LogP contribution in [0.25, 0.3) is 10.9 Å². The van der Waals surface area contributed by atoms with Gasteiger partial charge >= 0.3 is 0 Å². The number of nitrogens with zero attached hydrogens (tertiary/aromatic N) is 3. The number of aromatic nitrogens is 2. The van der Waals surface area contributed by atoms with Gasteiger partial charge in [0, 0.05) is 47.3 Å². The predicted octanol–water partition coefficient (Wildman–Crippen LogP) is 4.32. The molecule has 1 aromatic carbocycles. The molecule has 0 unspecified atom stereocenters. The molecule has 3 heterocycles. The second kappa shape index (κ2) is 11.3. The van der Waals surface area contributed by atoms with Crippen molar-refractivity contribution < 1.29 is 4.79 Å². The van der Waals surface area contributed by atoms with Gasteiger partial charge in [0.25, 0.3) is 5.91 Å². The van der Waals surface area contributed by atoms with Gasteiger partial charge in [0.15, 0.2) is 0 Å². The number of hydrogen-bond donors (Lipinski definition) is 2. The van der Waals surface area contributed by atoms with Crippen LogP contribution in [0.2, 0.25) is 0 Å². The molecule has 1 saturated heterocycles. The van der Waals surface area contributed by atoms with Crippen molar-refractivity contribution in [3.63, 3.8) is 0 Å². The number of pyridine rings is 1. The lowest BCUT2D eigenvalue weighted by atomic mass is 9.91. The van der Waals surface area contributed by atoms with E-state index in [1.54, 1.807) is 6.20 Å². The Bertz CT molecular complexity index is 1250. The molecular formula is C30H39N5O. The van der Waals surface area contributed by atoms with Crippen LogP contribution in [0.15, 0.2) is 42.6 Å². The van der Waals surface area contributed by atoms with E-state index >= 15 is 0 Å². The van der Waals surface area contributed by atoms with Crippen LogP contribution in [0, 0.1) is 11.8 Å². The van der Waals surface area contributed by atoms with Crippen LogP contribution < -0.4 is 10.6 Å². The smallest absolute Gasteiger partial charge is 0.253 e. The van der Waals surface area contributed by atoms with Crippen LogP contribution in [-0.4, -0.2) is 53.1 Å². The third-order valence-electron chi connectivity index (χ3n) is 6.94. The summed E-state index contributed by atoms with van der Waals surface area (Å²) in [4.78, 5) is 19.3. The molecule has 36 heavy (non-hydrogen) atoms. The van der Waals surface area contributed by atoms with E-state index in [1.165, 1.54) is 42.4 Å². The summed E-state index contributed by atoms with van der Waals surface area (Å²) in [5.74, 6) is 6.22. The summed E-state index contributed by atoms with van der Waals surface area (Å²) >= 11 is 0. The van der Waals surface area contributed by atoms with Crippen molar-refractivity contribution in [2.75, 3.05) is 26.7 Å². The van der Waals surface area contributed by atoms with Gasteiger partial charge in [0.1, 0.15) is 0 Å². The molecule has 2 N–H and O–H groups in total. The first-order valence-corrected chi connectivity index (χ1v) is 13.0. The number of carbonyl (C=O) groups is 1. The third-order valence-corrected chi connectivity index (χ3v) is 6.94. The maximum Gasteiger partial charge on any atom is 0.253 e. The fourth-order valence-corrected chi connectivity index (χ4v) is 4.68. The number of benzene rings is 1. The summed E-state index contributed by atoms with van der Waals surface area (Å²) in [6.45, 7) is 12.8. The minimum atomic E-state index is -0.157.